The second-order valence-corrected chi connectivity index (χ2v) is 7.48. The molecule has 1 aliphatic rings. The van der Waals surface area contributed by atoms with Gasteiger partial charge in [-0.25, -0.2) is 9.37 Å². The number of benzene rings is 2. The molecule has 1 aromatic heterocycles. The molecule has 1 fully saturated rings. The molecule has 0 atom stereocenters. The van der Waals surface area contributed by atoms with Crippen LogP contribution in [0.4, 0.5) is 4.39 Å². The minimum Gasteiger partial charge on any atom is -0.343 e. The standard InChI is InChI=1S/C24H24FN3O/c25-21-8-4-7-20(15-21)23-17-26-16-22(27-23)19-11-13-28(14-12-19)24(29)10-9-18-5-2-1-3-6-18/h1-8,15-17,19H,9-14H2. The molecule has 0 N–H and O–H groups in total. The number of halogens is 1. The van der Waals surface area contributed by atoms with Gasteiger partial charge in [-0.3, -0.25) is 9.78 Å². The molecule has 1 aliphatic heterocycles. The quantitative estimate of drug-likeness (QED) is 0.640. The van der Waals surface area contributed by atoms with Crippen molar-refractivity contribution in [3.63, 3.8) is 0 Å². The van der Waals surface area contributed by atoms with Crippen molar-refractivity contribution in [1.82, 2.24) is 14.9 Å². The Morgan fingerprint density at radius 3 is 2.59 bits per heavy atom. The lowest BCUT2D eigenvalue weighted by molar-refractivity contribution is -0.132. The van der Waals surface area contributed by atoms with Crippen molar-refractivity contribution in [1.29, 1.82) is 0 Å². The summed E-state index contributed by atoms with van der Waals surface area (Å²) in [5.41, 5.74) is 3.53. The molecule has 5 heteroatoms. The second kappa shape index (κ2) is 8.95. The maximum Gasteiger partial charge on any atom is 0.222 e. The highest BCUT2D eigenvalue weighted by molar-refractivity contribution is 5.76. The third-order valence-electron chi connectivity index (χ3n) is 5.51. The predicted molar refractivity (Wildman–Crippen MR) is 111 cm³/mol. The SMILES string of the molecule is O=C(CCc1ccccc1)N1CCC(c2cncc(-c3cccc(F)c3)n2)CC1. The zero-order valence-corrected chi connectivity index (χ0v) is 16.3. The number of piperidine rings is 1. The van der Waals surface area contributed by atoms with Crippen LogP contribution in [0.15, 0.2) is 67.0 Å². The summed E-state index contributed by atoms with van der Waals surface area (Å²) in [6.45, 7) is 1.48. The van der Waals surface area contributed by atoms with Crippen molar-refractivity contribution in [2.75, 3.05) is 13.1 Å². The summed E-state index contributed by atoms with van der Waals surface area (Å²) in [6, 6.07) is 16.5. The Labute approximate surface area is 170 Å². The van der Waals surface area contributed by atoms with Crippen molar-refractivity contribution >= 4 is 5.91 Å². The molecule has 2 heterocycles. The van der Waals surface area contributed by atoms with Gasteiger partial charge < -0.3 is 4.90 Å². The first kappa shape index (κ1) is 19.2. The Morgan fingerprint density at radius 2 is 1.83 bits per heavy atom. The Bertz CT molecular complexity index is 969. The average molecular weight is 389 g/mol. The number of aryl methyl sites for hydroxylation is 1. The van der Waals surface area contributed by atoms with Gasteiger partial charge in [-0.1, -0.05) is 42.5 Å². The number of amides is 1. The van der Waals surface area contributed by atoms with E-state index in [-0.39, 0.29) is 17.6 Å². The molecule has 0 aliphatic carbocycles. The average Bonchev–Trinajstić information content (AvgIpc) is 2.78. The number of rotatable bonds is 5. The van der Waals surface area contributed by atoms with Gasteiger partial charge in [0.1, 0.15) is 5.82 Å². The van der Waals surface area contributed by atoms with E-state index >= 15 is 0 Å². The third kappa shape index (κ3) is 4.86. The predicted octanol–water partition coefficient (Wildman–Crippen LogP) is 4.62. The molecule has 0 saturated carbocycles. The summed E-state index contributed by atoms with van der Waals surface area (Å²) in [6.07, 6.45) is 6.53. The lowest BCUT2D eigenvalue weighted by Gasteiger charge is -2.32. The molecule has 2 aromatic carbocycles. The van der Waals surface area contributed by atoms with E-state index in [1.807, 2.05) is 29.2 Å². The lowest BCUT2D eigenvalue weighted by Crippen LogP contribution is -2.38. The van der Waals surface area contributed by atoms with Crippen molar-refractivity contribution in [3.8, 4) is 11.3 Å². The van der Waals surface area contributed by atoms with Crippen molar-refractivity contribution in [3.05, 3.63) is 84.1 Å². The van der Waals surface area contributed by atoms with Crippen molar-refractivity contribution in [2.24, 2.45) is 0 Å². The number of hydrogen-bond donors (Lipinski definition) is 0. The fraction of sp³-hybridized carbons (Fsp3) is 0.292. The van der Waals surface area contributed by atoms with Crippen LogP contribution in [0.25, 0.3) is 11.3 Å². The van der Waals surface area contributed by atoms with Crippen LogP contribution in [0, 0.1) is 5.82 Å². The molecular formula is C24H24FN3O. The van der Waals surface area contributed by atoms with Crippen LogP contribution in [-0.4, -0.2) is 33.9 Å². The van der Waals surface area contributed by atoms with E-state index in [0.29, 0.717) is 12.1 Å². The Morgan fingerprint density at radius 1 is 1.03 bits per heavy atom. The van der Waals surface area contributed by atoms with Gasteiger partial charge in [-0.05, 0) is 37.0 Å². The van der Waals surface area contributed by atoms with Crippen LogP contribution in [0.1, 0.15) is 36.4 Å². The zero-order chi connectivity index (χ0) is 20.1. The number of carbonyl (C=O) groups is 1. The summed E-state index contributed by atoms with van der Waals surface area (Å²) in [5, 5.41) is 0. The molecule has 148 valence electrons. The maximum atomic E-state index is 13.5. The highest BCUT2D eigenvalue weighted by Crippen LogP contribution is 2.28. The number of nitrogens with zero attached hydrogens (tertiary/aromatic N) is 3. The van der Waals surface area contributed by atoms with Crippen molar-refractivity contribution < 1.29 is 9.18 Å². The fourth-order valence-corrected chi connectivity index (χ4v) is 3.84. The molecule has 0 bridgehead atoms. The van der Waals surface area contributed by atoms with Gasteiger partial charge in [-0.15, -0.1) is 0 Å². The lowest BCUT2D eigenvalue weighted by atomic mass is 9.93. The van der Waals surface area contributed by atoms with E-state index in [1.54, 1.807) is 18.5 Å². The van der Waals surface area contributed by atoms with Crippen LogP contribution >= 0.6 is 0 Å². The number of hydrogen-bond acceptors (Lipinski definition) is 3. The third-order valence-corrected chi connectivity index (χ3v) is 5.51. The van der Waals surface area contributed by atoms with E-state index in [1.165, 1.54) is 17.7 Å². The topological polar surface area (TPSA) is 46.1 Å². The van der Waals surface area contributed by atoms with Crippen LogP contribution in [0.3, 0.4) is 0 Å². The van der Waals surface area contributed by atoms with Gasteiger partial charge in [0.15, 0.2) is 0 Å². The number of likely N-dealkylation sites (tertiary alicyclic amines) is 1. The summed E-state index contributed by atoms with van der Waals surface area (Å²) >= 11 is 0. The normalized spacial score (nSPS) is 14.7. The largest absolute Gasteiger partial charge is 0.343 e. The molecule has 3 aromatic rings. The fourth-order valence-electron chi connectivity index (χ4n) is 3.84. The van der Waals surface area contributed by atoms with E-state index in [9.17, 15) is 9.18 Å². The molecular weight excluding hydrogens is 365 g/mol. The summed E-state index contributed by atoms with van der Waals surface area (Å²) < 4.78 is 13.5. The first-order chi connectivity index (χ1) is 14.2. The minimum atomic E-state index is -0.281. The second-order valence-electron chi connectivity index (χ2n) is 7.48. The van der Waals surface area contributed by atoms with E-state index < -0.39 is 0 Å². The summed E-state index contributed by atoms with van der Waals surface area (Å²) in [7, 11) is 0. The Balaban J connectivity index is 1.35. The monoisotopic (exact) mass is 389 g/mol. The minimum absolute atomic E-state index is 0.215. The molecule has 4 nitrogen and oxygen atoms in total. The summed E-state index contributed by atoms with van der Waals surface area (Å²) in [5.74, 6) is 0.207. The van der Waals surface area contributed by atoms with E-state index in [2.05, 4.69) is 17.1 Å². The van der Waals surface area contributed by atoms with Crippen LogP contribution < -0.4 is 0 Å². The molecule has 0 unspecified atom stereocenters. The molecule has 0 spiro atoms. The van der Waals surface area contributed by atoms with Gasteiger partial charge >= 0.3 is 0 Å². The van der Waals surface area contributed by atoms with E-state index in [0.717, 1.165) is 43.6 Å². The van der Waals surface area contributed by atoms with E-state index in [4.69, 9.17) is 4.98 Å². The molecule has 1 saturated heterocycles. The van der Waals surface area contributed by atoms with Gasteiger partial charge in [0.25, 0.3) is 0 Å². The highest BCUT2D eigenvalue weighted by atomic mass is 19.1. The van der Waals surface area contributed by atoms with Crippen LogP contribution in [0.2, 0.25) is 0 Å². The molecule has 29 heavy (non-hydrogen) atoms. The molecule has 0 radical (unpaired) electrons. The van der Waals surface area contributed by atoms with Gasteiger partial charge in [0.2, 0.25) is 5.91 Å². The number of carbonyl (C=O) groups excluding carboxylic acids is 1. The van der Waals surface area contributed by atoms with Gasteiger partial charge in [0.05, 0.1) is 17.6 Å². The Hall–Kier alpha value is -3.08. The molecule has 4 rings (SSSR count). The van der Waals surface area contributed by atoms with Crippen molar-refractivity contribution in [2.45, 2.75) is 31.6 Å². The highest BCUT2D eigenvalue weighted by Gasteiger charge is 2.25. The number of aromatic nitrogens is 2. The maximum absolute atomic E-state index is 13.5. The Kier molecular flexibility index (Phi) is 5.94. The van der Waals surface area contributed by atoms with Crippen LogP contribution in [0.5, 0.6) is 0 Å². The first-order valence-electron chi connectivity index (χ1n) is 10.1. The van der Waals surface area contributed by atoms with Crippen LogP contribution in [-0.2, 0) is 11.2 Å². The van der Waals surface area contributed by atoms with Gasteiger partial charge in [-0.2, -0.15) is 0 Å². The molecule has 1 amide bonds. The zero-order valence-electron chi connectivity index (χ0n) is 16.3. The smallest absolute Gasteiger partial charge is 0.222 e. The summed E-state index contributed by atoms with van der Waals surface area (Å²) in [4.78, 5) is 23.5. The first-order valence-corrected chi connectivity index (χ1v) is 10.1. The van der Waals surface area contributed by atoms with Gasteiger partial charge in [0, 0.05) is 37.2 Å².